The largest absolute Gasteiger partial charge is 0.299 e. The molecular formula is C10H20O. The molecule has 0 aliphatic heterocycles. The van der Waals surface area contributed by atoms with Gasteiger partial charge in [0.25, 0.3) is 0 Å². The van der Waals surface area contributed by atoms with E-state index >= 15 is 0 Å². The van der Waals surface area contributed by atoms with Gasteiger partial charge in [-0.2, -0.15) is 0 Å². The second-order valence-corrected chi connectivity index (χ2v) is 3.26. The number of hydrogen-bond donors (Lipinski definition) is 0. The minimum Gasteiger partial charge on any atom is -0.299 e. The van der Waals surface area contributed by atoms with Crippen LogP contribution in [0.4, 0.5) is 0 Å². The molecule has 0 saturated carbocycles. The maximum absolute atomic E-state index is 11.3. The zero-order valence-electron chi connectivity index (χ0n) is 8.02. The van der Waals surface area contributed by atoms with Crippen molar-refractivity contribution in [3.8, 4) is 0 Å². The fourth-order valence-electron chi connectivity index (χ4n) is 1.19. The highest BCUT2D eigenvalue weighted by Crippen LogP contribution is 2.10. The van der Waals surface area contributed by atoms with Crippen molar-refractivity contribution in [1.29, 1.82) is 0 Å². The molecule has 0 spiro atoms. The number of carbonyl (C=O) groups is 1. The Morgan fingerprint density at radius 2 is 1.91 bits per heavy atom. The van der Waals surface area contributed by atoms with E-state index < -0.39 is 0 Å². The van der Waals surface area contributed by atoms with Crippen molar-refractivity contribution in [2.24, 2.45) is 5.92 Å². The van der Waals surface area contributed by atoms with Crippen LogP contribution >= 0.6 is 0 Å². The lowest BCUT2D eigenvalue weighted by Gasteiger charge is -2.07. The van der Waals surface area contributed by atoms with E-state index in [1.807, 2.05) is 6.92 Å². The Kier molecular flexibility index (Phi) is 6.19. The summed E-state index contributed by atoms with van der Waals surface area (Å²) in [5, 5.41) is 0. The van der Waals surface area contributed by atoms with Crippen molar-refractivity contribution in [2.45, 2.75) is 52.9 Å². The van der Waals surface area contributed by atoms with Gasteiger partial charge in [-0.05, 0) is 12.8 Å². The summed E-state index contributed by atoms with van der Waals surface area (Å²) in [4.78, 5) is 11.3. The first-order chi connectivity index (χ1) is 5.22. The summed E-state index contributed by atoms with van der Waals surface area (Å²) in [6.45, 7) is 6.29. The van der Waals surface area contributed by atoms with E-state index in [0.29, 0.717) is 11.7 Å². The van der Waals surface area contributed by atoms with Gasteiger partial charge in [-0.15, -0.1) is 0 Å². The fourth-order valence-corrected chi connectivity index (χ4v) is 1.19. The van der Waals surface area contributed by atoms with Crippen molar-refractivity contribution < 1.29 is 4.79 Å². The molecule has 0 unspecified atom stereocenters. The van der Waals surface area contributed by atoms with E-state index in [0.717, 1.165) is 32.1 Å². The summed E-state index contributed by atoms with van der Waals surface area (Å²) < 4.78 is 0. The summed E-state index contributed by atoms with van der Waals surface area (Å²) in [6, 6.07) is 0. The molecule has 0 N–H and O–H groups in total. The highest BCUT2D eigenvalue weighted by Gasteiger charge is 2.09. The Morgan fingerprint density at radius 1 is 1.27 bits per heavy atom. The van der Waals surface area contributed by atoms with Gasteiger partial charge in [0.2, 0.25) is 0 Å². The normalized spacial score (nSPS) is 13.0. The molecular weight excluding hydrogens is 136 g/mol. The zero-order valence-corrected chi connectivity index (χ0v) is 8.02. The summed E-state index contributed by atoms with van der Waals surface area (Å²) in [7, 11) is 0. The molecule has 0 saturated heterocycles. The summed E-state index contributed by atoms with van der Waals surface area (Å²) in [6.07, 6.45) is 5.16. The van der Waals surface area contributed by atoms with E-state index in [2.05, 4.69) is 13.8 Å². The third kappa shape index (κ3) is 5.00. The molecule has 0 radical (unpaired) electrons. The lowest BCUT2D eigenvalue weighted by Crippen LogP contribution is -2.09. The molecule has 11 heavy (non-hydrogen) atoms. The van der Waals surface area contributed by atoms with Crippen LogP contribution in [0.1, 0.15) is 52.9 Å². The number of carbonyl (C=O) groups excluding carboxylic acids is 1. The minimum absolute atomic E-state index is 0.298. The van der Waals surface area contributed by atoms with Crippen molar-refractivity contribution >= 4 is 5.78 Å². The van der Waals surface area contributed by atoms with Crippen LogP contribution in [0.15, 0.2) is 0 Å². The molecule has 0 aliphatic rings. The first-order valence-electron chi connectivity index (χ1n) is 4.75. The van der Waals surface area contributed by atoms with Gasteiger partial charge < -0.3 is 0 Å². The Bertz CT molecular complexity index is 107. The third-order valence-electron chi connectivity index (χ3n) is 2.05. The molecule has 0 amide bonds. The Hall–Kier alpha value is -0.330. The molecule has 0 bridgehead atoms. The molecule has 0 fully saturated rings. The zero-order chi connectivity index (χ0) is 8.69. The fraction of sp³-hybridized carbons (Fsp3) is 0.900. The average molecular weight is 156 g/mol. The smallest absolute Gasteiger partial charge is 0.135 e. The maximum Gasteiger partial charge on any atom is 0.135 e. The molecule has 0 heterocycles. The van der Waals surface area contributed by atoms with E-state index in [9.17, 15) is 4.79 Å². The molecule has 1 nitrogen and oxygen atoms in total. The topological polar surface area (TPSA) is 17.1 Å². The Labute approximate surface area is 70.2 Å². The van der Waals surface area contributed by atoms with Crippen LogP contribution in [0.2, 0.25) is 0 Å². The second kappa shape index (κ2) is 6.38. The van der Waals surface area contributed by atoms with Crippen molar-refractivity contribution in [3.63, 3.8) is 0 Å². The monoisotopic (exact) mass is 156 g/mol. The van der Waals surface area contributed by atoms with Crippen LogP contribution in [0.5, 0.6) is 0 Å². The number of rotatable bonds is 6. The average Bonchev–Trinajstić information content (AvgIpc) is 2.00. The highest BCUT2D eigenvalue weighted by molar-refractivity contribution is 5.80. The quantitative estimate of drug-likeness (QED) is 0.577. The van der Waals surface area contributed by atoms with Gasteiger partial charge in [0.05, 0.1) is 0 Å². The second-order valence-electron chi connectivity index (χ2n) is 3.26. The van der Waals surface area contributed by atoms with Gasteiger partial charge in [0.1, 0.15) is 5.78 Å². The molecule has 0 rings (SSSR count). The minimum atomic E-state index is 0.298. The van der Waals surface area contributed by atoms with Gasteiger partial charge in [0, 0.05) is 12.3 Å². The van der Waals surface area contributed by atoms with Gasteiger partial charge in [-0.25, -0.2) is 0 Å². The number of Topliss-reactive ketones (excluding diaryl/α,β-unsaturated/α-hetero) is 1. The molecule has 1 heteroatoms. The van der Waals surface area contributed by atoms with Crippen LogP contribution in [-0.4, -0.2) is 5.78 Å². The predicted molar refractivity (Wildman–Crippen MR) is 48.6 cm³/mol. The molecule has 0 aromatic rings. The molecule has 0 aromatic carbocycles. The Morgan fingerprint density at radius 3 is 2.36 bits per heavy atom. The van der Waals surface area contributed by atoms with Crippen LogP contribution in [-0.2, 0) is 4.79 Å². The number of ketones is 1. The molecule has 1 atom stereocenters. The van der Waals surface area contributed by atoms with Gasteiger partial charge in [0.15, 0.2) is 0 Å². The highest BCUT2D eigenvalue weighted by atomic mass is 16.1. The first-order valence-corrected chi connectivity index (χ1v) is 4.75. The van der Waals surface area contributed by atoms with Crippen LogP contribution in [0, 0.1) is 5.92 Å². The van der Waals surface area contributed by atoms with Crippen molar-refractivity contribution in [2.75, 3.05) is 0 Å². The maximum atomic E-state index is 11.3. The van der Waals surface area contributed by atoms with Gasteiger partial charge in [-0.1, -0.05) is 33.6 Å². The molecule has 0 aromatic heterocycles. The summed E-state index contributed by atoms with van der Waals surface area (Å²) in [5.41, 5.74) is 0. The van der Waals surface area contributed by atoms with Crippen LogP contribution in [0.3, 0.4) is 0 Å². The standard InChI is InChI=1S/C10H20O/c1-4-6-8-10(11)9(3)7-5-2/h9H,4-8H2,1-3H3/t9-/m0/s1. The van der Waals surface area contributed by atoms with Crippen molar-refractivity contribution in [1.82, 2.24) is 0 Å². The van der Waals surface area contributed by atoms with E-state index in [4.69, 9.17) is 0 Å². The first kappa shape index (κ1) is 10.7. The van der Waals surface area contributed by atoms with E-state index in [1.54, 1.807) is 0 Å². The van der Waals surface area contributed by atoms with Crippen LogP contribution < -0.4 is 0 Å². The lowest BCUT2D eigenvalue weighted by molar-refractivity contribution is -0.122. The van der Waals surface area contributed by atoms with E-state index in [-0.39, 0.29) is 0 Å². The summed E-state index contributed by atoms with van der Waals surface area (Å²) in [5.74, 6) is 0.750. The SMILES string of the molecule is CCCCC(=O)[C@@H](C)CCC. The number of hydrogen-bond acceptors (Lipinski definition) is 1. The third-order valence-corrected chi connectivity index (χ3v) is 2.05. The molecule has 66 valence electrons. The predicted octanol–water partition coefficient (Wildman–Crippen LogP) is 3.18. The van der Waals surface area contributed by atoms with Crippen LogP contribution in [0.25, 0.3) is 0 Å². The van der Waals surface area contributed by atoms with Gasteiger partial charge in [-0.3, -0.25) is 4.79 Å². The summed E-state index contributed by atoms with van der Waals surface area (Å²) >= 11 is 0. The molecule has 0 aliphatic carbocycles. The van der Waals surface area contributed by atoms with Crippen molar-refractivity contribution in [3.05, 3.63) is 0 Å². The lowest BCUT2D eigenvalue weighted by atomic mass is 9.97. The Balaban J connectivity index is 3.47. The number of unbranched alkanes of at least 4 members (excludes halogenated alkanes) is 1. The van der Waals surface area contributed by atoms with Gasteiger partial charge >= 0.3 is 0 Å². The van der Waals surface area contributed by atoms with E-state index in [1.165, 1.54) is 0 Å².